The lowest BCUT2D eigenvalue weighted by atomic mass is 10.2. The highest BCUT2D eigenvalue weighted by Gasteiger charge is 2.29. The summed E-state index contributed by atoms with van der Waals surface area (Å²) in [5.74, 6) is 0.323. The fourth-order valence-electron chi connectivity index (χ4n) is 2.32. The molecule has 0 radical (unpaired) electrons. The molecule has 0 bridgehead atoms. The molecule has 1 saturated heterocycles. The van der Waals surface area contributed by atoms with Crippen LogP contribution < -0.4 is 5.73 Å². The van der Waals surface area contributed by atoms with Gasteiger partial charge >= 0.3 is 7.60 Å². The number of hydrogen-bond donors (Lipinski definition) is 2. The Kier molecular flexibility index (Phi) is 3.66. The van der Waals surface area contributed by atoms with Crippen LogP contribution in [0.5, 0.6) is 0 Å². The van der Waals surface area contributed by atoms with Crippen LogP contribution in [0.4, 0.5) is 5.82 Å². The van der Waals surface area contributed by atoms with Gasteiger partial charge in [0.25, 0.3) is 0 Å². The minimum atomic E-state index is -3.48. The van der Waals surface area contributed by atoms with E-state index in [1.165, 1.54) is 6.33 Å². The van der Waals surface area contributed by atoms with Crippen molar-refractivity contribution in [3.63, 3.8) is 0 Å². The van der Waals surface area contributed by atoms with Crippen molar-refractivity contribution in [1.29, 1.82) is 0 Å². The molecule has 0 amide bonds. The molecule has 0 aromatic carbocycles. The molecule has 3 unspecified atom stereocenters. The second kappa shape index (κ2) is 5.34. The van der Waals surface area contributed by atoms with Crippen molar-refractivity contribution in [3.8, 4) is 0 Å². The third-order valence-corrected chi connectivity index (χ3v) is 3.91. The number of aromatic nitrogens is 4. The maximum Gasteiger partial charge on any atom is 0.325 e. The minimum Gasteiger partial charge on any atom is -0.382 e. The lowest BCUT2D eigenvalue weighted by Crippen LogP contribution is -2.16. The first-order chi connectivity index (χ1) is 9.94. The van der Waals surface area contributed by atoms with Gasteiger partial charge in [-0.2, -0.15) is 0 Å². The van der Waals surface area contributed by atoms with Gasteiger partial charge in [-0.3, -0.25) is 9.13 Å². The van der Waals surface area contributed by atoms with Crippen LogP contribution in [0.2, 0.25) is 0 Å². The lowest BCUT2D eigenvalue weighted by Gasteiger charge is -2.16. The number of hydrogen-bond acceptors (Lipinski definition) is 7. The van der Waals surface area contributed by atoms with E-state index in [0.717, 1.165) is 19.5 Å². The van der Waals surface area contributed by atoms with Gasteiger partial charge in [0.1, 0.15) is 18.1 Å². The van der Waals surface area contributed by atoms with Gasteiger partial charge in [-0.1, -0.05) is 0 Å². The van der Waals surface area contributed by atoms with Crippen LogP contribution in [-0.4, -0.2) is 43.8 Å². The summed E-state index contributed by atoms with van der Waals surface area (Å²) in [4.78, 5) is 21.4. The largest absolute Gasteiger partial charge is 0.382 e. The summed E-state index contributed by atoms with van der Waals surface area (Å²) >= 11 is 0. The second-order valence-electron chi connectivity index (χ2n) is 4.97. The number of rotatable bonds is 4. The summed E-state index contributed by atoms with van der Waals surface area (Å²) in [5.41, 5.74) is 6.89. The van der Waals surface area contributed by atoms with Crippen molar-refractivity contribution in [2.45, 2.75) is 25.2 Å². The summed E-state index contributed by atoms with van der Waals surface area (Å²) in [6.45, 7) is 1.24. The molecular formula is C11H16N5O4P. The van der Waals surface area contributed by atoms with E-state index < -0.39 is 7.60 Å². The van der Waals surface area contributed by atoms with E-state index in [2.05, 4.69) is 15.0 Å². The molecule has 10 heteroatoms. The van der Waals surface area contributed by atoms with Crippen LogP contribution >= 0.6 is 7.60 Å². The van der Waals surface area contributed by atoms with Gasteiger partial charge in [-0.05, 0) is 12.8 Å². The number of anilines is 1. The highest BCUT2D eigenvalue weighted by molar-refractivity contribution is 7.51. The van der Waals surface area contributed by atoms with Gasteiger partial charge in [-0.15, -0.1) is 0 Å². The number of nitrogen functional groups attached to an aromatic ring is 1. The lowest BCUT2D eigenvalue weighted by molar-refractivity contribution is -0.0172. The van der Waals surface area contributed by atoms with Gasteiger partial charge < -0.3 is 19.9 Å². The Morgan fingerprint density at radius 3 is 3.10 bits per heavy atom. The summed E-state index contributed by atoms with van der Waals surface area (Å²) in [5, 5.41) is 0. The van der Waals surface area contributed by atoms with Crippen LogP contribution in [0.25, 0.3) is 11.2 Å². The minimum absolute atomic E-state index is 0.0878. The molecular weight excluding hydrogens is 297 g/mol. The summed E-state index contributed by atoms with van der Waals surface area (Å²) in [6, 6.07) is 0. The number of nitrogens with zero attached hydrogens (tertiary/aromatic N) is 4. The third-order valence-electron chi connectivity index (χ3n) is 3.28. The monoisotopic (exact) mass is 313 g/mol. The normalized spacial score (nSPS) is 25.2. The molecule has 0 saturated carbocycles. The van der Waals surface area contributed by atoms with Crippen LogP contribution in [0, 0.1) is 0 Å². The molecule has 1 fully saturated rings. The number of fused-ring (bicyclic) bond motifs is 1. The molecule has 9 nitrogen and oxygen atoms in total. The third kappa shape index (κ3) is 3.06. The zero-order valence-electron chi connectivity index (χ0n) is 11.4. The van der Waals surface area contributed by atoms with E-state index in [-0.39, 0.29) is 18.9 Å². The standard InChI is InChI=1S/C11H16N5O4P/c1-21(17,18)19-4-7-2-3-8(20-7)16-6-15-9-10(12)13-5-14-11(9)16/h5-8H,2-4H2,1H3,(H,17,18)(H2,12,13,14). The fraction of sp³-hybridized carbons (Fsp3) is 0.545. The van der Waals surface area contributed by atoms with Gasteiger partial charge in [0, 0.05) is 6.66 Å². The van der Waals surface area contributed by atoms with Crippen molar-refractivity contribution in [3.05, 3.63) is 12.7 Å². The summed E-state index contributed by atoms with van der Waals surface area (Å²) in [7, 11) is -3.48. The number of nitrogens with two attached hydrogens (primary N) is 1. The zero-order chi connectivity index (χ0) is 15.0. The molecule has 0 aliphatic carbocycles. The smallest absolute Gasteiger partial charge is 0.325 e. The topological polar surface area (TPSA) is 125 Å². The first kappa shape index (κ1) is 14.4. The molecule has 3 heterocycles. The van der Waals surface area contributed by atoms with Crippen molar-refractivity contribution in [1.82, 2.24) is 19.5 Å². The predicted molar refractivity (Wildman–Crippen MR) is 74.6 cm³/mol. The Morgan fingerprint density at radius 2 is 2.33 bits per heavy atom. The molecule has 3 atom stereocenters. The highest BCUT2D eigenvalue weighted by atomic mass is 31.2. The van der Waals surface area contributed by atoms with Gasteiger partial charge in [0.15, 0.2) is 11.5 Å². The maximum atomic E-state index is 11.1. The molecule has 1 aliphatic heterocycles. The quantitative estimate of drug-likeness (QED) is 0.798. The van der Waals surface area contributed by atoms with Crippen LogP contribution in [0.3, 0.4) is 0 Å². The molecule has 2 aromatic heterocycles. The SMILES string of the molecule is CP(=O)(O)OCC1CCC(n2cnc3c(N)ncnc32)O1. The summed E-state index contributed by atoms with van der Waals surface area (Å²) < 4.78 is 23.6. The van der Waals surface area contributed by atoms with E-state index >= 15 is 0 Å². The molecule has 1 aliphatic rings. The van der Waals surface area contributed by atoms with Gasteiger partial charge in [0.05, 0.1) is 19.0 Å². The zero-order valence-corrected chi connectivity index (χ0v) is 12.3. The van der Waals surface area contributed by atoms with Gasteiger partial charge in [-0.25, -0.2) is 15.0 Å². The molecule has 114 valence electrons. The van der Waals surface area contributed by atoms with Crippen molar-refractivity contribution >= 4 is 24.6 Å². The average Bonchev–Trinajstić information content (AvgIpc) is 3.02. The maximum absolute atomic E-state index is 11.1. The van der Waals surface area contributed by atoms with E-state index in [4.69, 9.17) is 19.9 Å². The molecule has 3 N–H and O–H groups in total. The summed E-state index contributed by atoms with van der Waals surface area (Å²) in [6.07, 6.45) is 3.98. The van der Waals surface area contributed by atoms with E-state index in [1.54, 1.807) is 10.9 Å². The fourth-order valence-corrected chi connectivity index (χ4v) is 2.76. The second-order valence-corrected chi connectivity index (χ2v) is 6.84. The van der Waals surface area contributed by atoms with Crippen LogP contribution in [0.1, 0.15) is 19.1 Å². The first-order valence-corrected chi connectivity index (χ1v) is 8.50. The molecule has 21 heavy (non-hydrogen) atoms. The van der Waals surface area contributed by atoms with Crippen LogP contribution in [-0.2, 0) is 13.8 Å². The predicted octanol–water partition coefficient (Wildman–Crippen LogP) is 0.918. The van der Waals surface area contributed by atoms with Crippen molar-refractivity contribution in [2.24, 2.45) is 0 Å². The molecule has 3 rings (SSSR count). The first-order valence-electron chi connectivity index (χ1n) is 6.47. The average molecular weight is 313 g/mol. The van der Waals surface area contributed by atoms with Crippen molar-refractivity contribution in [2.75, 3.05) is 19.0 Å². The number of ether oxygens (including phenoxy) is 1. The Labute approximate surface area is 120 Å². The van der Waals surface area contributed by atoms with Gasteiger partial charge in [0.2, 0.25) is 0 Å². The van der Waals surface area contributed by atoms with E-state index in [1.807, 2.05) is 0 Å². The molecule has 0 spiro atoms. The number of imidazole rings is 1. The van der Waals surface area contributed by atoms with E-state index in [0.29, 0.717) is 17.0 Å². The Bertz CT molecular complexity index is 699. The Balaban J connectivity index is 1.73. The van der Waals surface area contributed by atoms with E-state index in [9.17, 15) is 4.57 Å². The highest BCUT2D eigenvalue weighted by Crippen LogP contribution is 2.39. The molecule has 2 aromatic rings. The Hall–Kier alpha value is -1.54. The Morgan fingerprint density at radius 1 is 1.52 bits per heavy atom. The van der Waals surface area contributed by atoms with Crippen LogP contribution in [0.15, 0.2) is 12.7 Å². The van der Waals surface area contributed by atoms with Crippen molar-refractivity contribution < 1.29 is 18.7 Å².